The summed E-state index contributed by atoms with van der Waals surface area (Å²) < 4.78 is 0. The lowest BCUT2D eigenvalue weighted by atomic mass is 9.98. The van der Waals surface area contributed by atoms with Crippen molar-refractivity contribution in [2.45, 2.75) is 285 Å². The molecular weight excluding hydrogens is 1190 g/mol. The maximum atomic E-state index is 14.6. The zero-order valence-electron chi connectivity index (χ0n) is 59.1. The lowest BCUT2D eigenvalue weighted by Gasteiger charge is -2.30. The highest BCUT2D eigenvalue weighted by Crippen LogP contribution is 2.17. The Hall–Kier alpha value is -6.03. The fraction of sp³-hybridized carbons (Fsp3) is 0.833. The summed E-state index contributed by atoms with van der Waals surface area (Å²) in [5.41, 5.74) is 34.9. The molecule has 27 heteroatoms. The summed E-state index contributed by atoms with van der Waals surface area (Å²) in [4.78, 5) is 154. The van der Waals surface area contributed by atoms with Crippen LogP contribution in [-0.2, 0) is 52.7 Å². The maximum Gasteiger partial charge on any atom is 0.243 e. The summed E-state index contributed by atoms with van der Waals surface area (Å²) in [6, 6.07) is -12.3. The molecule has 0 aromatic carbocycles. The van der Waals surface area contributed by atoms with Crippen LogP contribution in [0.25, 0.3) is 0 Å². The Labute approximate surface area is 556 Å². The van der Waals surface area contributed by atoms with Gasteiger partial charge in [-0.2, -0.15) is 0 Å². The molecule has 11 atom stereocenters. The second-order valence-corrected chi connectivity index (χ2v) is 28.2. The lowest BCUT2D eigenvalue weighted by molar-refractivity contribution is -0.136. The summed E-state index contributed by atoms with van der Waals surface area (Å²) in [6.07, 6.45) is 6.18. The quantitative estimate of drug-likeness (QED) is 0.0384. The molecule has 0 saturated heterocycles. The molecule has 11 amide bonds. The molecule has 0 spiro atoms. The third kappa shape index (κ3) is 38.2. The van der Waals surface area contributed by atoms with E-state index in [0.717, 1.165) is 0 Å². The molecule has 0 aromatic heterocycles. The Morgan fingerprint density at radius 2 is 0.398 bits per heavy atom. The maximum absolute atomic E-state index is 14.6. The van der Waals surface area contributed by atoms with Crippen molar-refractivity contribution >= 4 is 65.0 Å². The van der Waals surface area contributed by atoms with Crippen molar-refractivity contribution in [2.24, 2.45) is 75.8 Å². The molecule has 27 nitrogen and oxygen atoms in total. The molecule has 0 aliphatic rings. The topological polar surface area (TPSA) is 464 Å². The molecular formula is C66H128N16O11. The number of rotatable bonds is 51. The van der Waals surface area contributed by atoms with E-state index in [4.69, 9.17) is 34.4 Å². The van der Waals surface area contributed by atoms with Crippen LogP contribution in [0.1, 0.15) is 219 Å². The number of primary amides is 1. The van der Waals surface area contributed by atoms with Gasteiger partial charge >= 0.3 is 0 Å². The molecule has 0 saturated carbocycles. The molecule has 0 heterocycles. The van der Waals surface area contributed by atoms with E-state index in [1.54, 1.807) is 0 Å². The third-order valence-corrected chi connectivity index (χ3v) is 15.5. The molecule has 0 bridgehead atoms. The molecule has 0 fully saturated rings. The fourth-order valence-electron chi connectivity index (χ4n) is 10.6. The van der Waals surface area contributed by atoms with Crippen LogP contribution in [0.15, 0.2) is 0 Å². The van der Waals surface area contributed by atoms with Gasteiger partial charge in [0, 0.05) is 0 Å². The minimum Gasteiger partial charge on any atom is -0.368 e. The monoisotopic (exact) mass is 1320 g/mol. The first kappa shape index (κ1) is 87.0. The fourth-order valence-corrected chi connectivity index (χ4v) is 10.6. The van der Waals surface area contributed by atoms with E-state index in [2.05, 4.69) is 53.2 Å². The van der Waals surface area contributed by atoms with Crippen molar-refractivity contribution in [3.8, 4) is 0 Å². The number of carbonyl (C=O) groups is 11. The summed E-state index contributed by atoms with van der Waals surface area (Å²) in [5.74, 6) is -7.99. The molecule has 538 valence electrons. The normalized spacial score (nSPS) is 15.2. The minimum atomic E-state index is -1.23. The molecule has 22 N–H and O–H groups in total. The van der Waals surface area contributed by atoms with Crippen molar-refractivity contribution in [1.82, 2.24) is 53.2 Å². The summed E-state index contributed by atoms with van der Waals surface area (Å²) in [5, 5.41) is 28.1. The van der Waals surface area contributed by atoms with Crippen molar-refractivity contribution in [3.05, 3.63) is 0 Å². The van der Waals surface area contributed by atoms with E-state index in [1.807, 2.05) is 96.9 Å². The molecule has 0 aromatic rings. The van der Waals surface area contributed by atoms with Crippen LogP contribution in [0.2, 0.25) is 0 Å². The highest BCUT2D eigenvalue weighted by molar-refractivity contribution is 5.99. The average Bonchev–Trinajstić information content (AvgIpc) is 1.72. The van der Waals surface area contributed by atoms with Crippen LogP contribution >= 0.6 is 0 Å². The number of nitrogens with one attached hydrogen (secondary N) is 10. The van der Waals surface area contributed by atoms with E-state index in [9.17, 15) is 52.7 Å². The minimum absolute atomic E-state index is 0.0280. The van der Waals surface area contributed by atoms with Gasteiger partial charge in [-0.15, -0.1) is 0 Å². The number of unbranched alkanes of at least 4 members (excludes halogenated alkanes) is 4. The summed E-state index contributed by atoms with van der Waals surface area (Å²) in [7, 11) is 0. The Morgan fingerprint density at radius 3 is 0.591 bits per heavy atom. The zero-order valence-corrected chi connectivity index (χ0v) is 59.1. The van der Waals surface area contributed by atoms with E-state index in [1.165, 1.54) is 0 Å². The predicted octanol–water partition coefficient (Wildman–Crippen LogP) is 1.49. The first-order valence-corrected chi connectivity index (χ1v) is 34.5. The van der Waals surface area contributed by atoms with Gasteiger partial charge in [-0.1, -0.05) is 103 Å². The average molecular weight is 1320 g/mol. The summed E-state index contributed by atoms with van der Waals surface area (Å²) in [6.45, 7) is 27.5. The van der Waals surface area contributed by atoms with Gasteiger partial charge in [0.05, 0.1) is 6.04 Å². The Morgan fingerprint density at radius 1 is 0.237 bits per heavy atom. The van der Waals surface area contributed by atoms with Crippen molar-refractivity contribution < 1.29 is 52.7 Å². The van der Waals surface area contributed by atoms with Gasteiger partial charge in [-0.25, -0.2) is 0 Å². The SMILES string of the molecule is CC(C)C[C@H](NC(=O)[C@H](CC(C)C)NC(=O)[C@H](CC(C)C)NC(=O)[C@H](CCCCN)NC(=O)[C@@H](CC(C)C)NC(=O)[C@@H](CC(C)C)NC(=O)[C@H](CCCCN)NC(=O)[C@H](CC(C)C)NC(=O)[C@H](CC(C)C)NC(=O)[C@H](CCCCN)NC(=O)[C@@H](N)CCCCN)C(N)=O. The number of hydrogen-bond acceptors (Lipinski definition) is 16. The standard InChI is InChI=1S/C66H128N16O11/c1-38(2)31-49(56(72)83)76-63(90)52(34-41(7)8)82-66(93)55(37-44(13)14)79-60(87)48(26-18-22-30-70)75-62(89)51(33-40(5)6)81-65(92)54(36-43(11)12)78-59(86)47(25-17-21-29-69)74-61(88)50(32-39(3)4)80-64(91)53(35-42(9)10)77-58(85)46(24-16-20-28-68)73-57(84)45(71)23-15-19-27-67/h38-55H,15-37,67-71H2,1-14H3,(H2,72,83)(H,73,84)(H,74,88)(H,75,89)(H,76,90)(H,77,85)(H,78,86)(H,79,87)(H,80,91)(H,81,92)(H,82,93)/t45-,46-,47-,48-,49-,50-,51+,52-,53-,54+,55-/m0/s1. The van der Waals surface area contributed by atoms with Crippen LogP contribution in [0.3, 0.4) is 0 Å². The Kier molecular flexibility index (Phi) is 44.7. The van der Waals surface area contributed by atoms with Crippen molar-refractivity contribution in [3.63, 3.8) is 0 Å². The van der Waals surface area contributed by atoms with Crippen LogP contribution in [0.4, 0.5) is 0 Å². The number of amides is 11. The lowest BCUT2D eigenvalue weighted by Crippen LogP contribution is -2.61. The predicted molar refractivity (Wildman–Crippen MR) is 364 cm³/mol. The van der Waals surface area contributed by atoms with E-state index < -0.39 is 131 Å². The van der Waals surface area contributed by atoms with Crippen LogP contribution in [0, 0.1) is 41.4 Å². The van der Waals surface area contributed by atoms with E-state index in [0.29, 0.717) is 77.4 Å². The van der Waals surface area contributed by atoms with Gasteiger partial charge in [0.1, 0.15) is 60.4 Å². The van der Waals surface area contributed by atoms with Gasteiger partial charge in [-0.05, 0) is 183 Å². The Balaban J connectivity index is 7.03. The van der Waals surface area contributed by atoms with Crippen LogP contribution < -0.4 is 87.6 Å². The second-order valence-electron chi connectivity index (χ2n) is 28.2. The van der Waals surface area contributed by atoms with E-state index in [-0.39, 0.29) is 112 Å². The highest BCUT2D eigenvalue weighted by Gasteiger charge is 2.37. The first-order valence-electron chi connectivity index (χ1n) is 34.5. The van der Waals surface area contributed by atoms with Gasteiger partial charge in [0.15, 0.2) is 0 Å². The van der Waals surface area contributed by atoms with Gasteiger partial charge in [0.25, 0.3) is 0 Å². The first-order chi connectivity index (χ1) is 43.6. The number of carbonyl (C=O) groups excluding carboxylic acids is 11. The highest BCUT2D eigenvalue weighted by atomic mass is 16.2. The van der Waals surface area contributed by atoms with Crippen LogP contribution in [-0.4, -0.2) is 158 Å². The molecule has 0 aliphatic carbocycles. The Bertz CT molecular complexity index is 2270. The van der Waals surface area contributed by atoms with Gasteiger partial charge in [-0.3, -0.25) is 52.7 Å². The van der Waals surface area contributed by atoms with E-state index >= 15 is 0 Å². The number of hydrogen-bond donors (Lipinski definition) is 16. The zero-order chi connectivity index (χ0) is 71.1. The van der Waals surface area contributed by atoms with Crippen molar-refractivity contribution in [2.75, 3.05) is 26.2 Å². The third-order valence-electron chi connectivity index (χ3n) is 15.5. The van der Waals surface area contributed by atoms with Crippen LogP contribution in [0.5, 0.6) is 0 Å². The second kappa shape index (κ2) is 47.8. The van der Waals surface area contributed by atoms with Gasteiger partial charge < -0.3 is 87.6 Å². The molecule has 0 unspecified atom stereocenters. The smallest absolute Gasteiger partial charge is 0.243 e. The molecule has 0 aliphatic heterocycles. The molecule has 93 heavy (non-hydrogen) atoms. The number of nitrogens with two attached hydrogens (primary N) is 6. The largest absolute Gasteiger partial charge is 0.368 e. The molecule has 0 rings (SSSR count). The summed E-state index contributed by atoms with van der Waals surface area (Å²) >= 11 is 0. The van der Waals surface area contributed by atoms with Gasteiger partial charge in [0.2, 0.25) is 65.0 Å². The molecule has 0 radical (unpaired) electrons. The van der Waals surface area contributed by atoms with Crippen molar-refractivity contribution in [1.29, 1.82) is 0 Å².